The first-order chi connectivity index (χ1) is 17.5. The third-order valence-electron chi connectivity index (χ3n) is 6.76. The van der Waals surface area contributed by atoms with Crippen LogP contribution >= 0.6 is 0 Å². The van der Waals surface area contributed by atoms with Crippen molar-refractivity contribution >= 4 is 32.4 Å². The second kappa shape index (κ2) is 11.0. The lowest BCUT2D eigenvalue weighted by molar-refractivity contribution is -0.186. The first-order valence-electron chi connectivity index (χ1n) is 12.4. The number of amides is 1. The zero-order valence-corrected chi connectivity index (χ0v) is 20.9. The van der Waals surface area contributed by atoms with Gasteiger partial charge in [0.25, 0.3) is 5.91 Å². The lowest BCUT2D eigenvalue weighted by Gasteiger charge is -2.34. The number of nitrogens with one attached hydrogen (secondary N) is 2. The van der Waals surface area contributed by atoms with Gasteiger partial charge < -0.3 is 9.64 Å². The molecular formula is C27H31N3O5S. The molecule has 0 spiro atoms. The number of carbonyl (C=O) groups is 1. The standard InChI is InChI=1S/C27H31N3O5S/c31-27(28-35-26-7-3-4-18-34-26)21-8-11-24(12-9-21)30-16-14-23(15-17-30)29-36(32,33)25-13-10-20-5-1-2-6-22(20)19-25/h1-2,5-6,8-13,19,23,26,29H,3-4,7,14-18H2,(H,28,31). The van der Waals surface area contributed by atoms with Gasteiger partial charge in [-0.2, -0.15) is 0 Å². The molecule has 0 radical (unpaired) electrons. The molecular weight excluding hydrogens is 478 g/mol. The first-order valence-corrected chi connectivity index (χ1v) is 13.9. The topological polar surface area (TPSA) is 97.0 Å². The molecule has 9 heteroatoms. The van der Waals surface area contributed by atoms with E-state index in [1.165, 1.54) is 0 Å². The zero-order valence-electron chi connectivity index (χ0n) is 20.1. The Bertz CT molecular complexity index is 1300. The molecule has 1 unspecified atom stereocenters. The molecule has 2 aliphatic heterocycles. The van der Waals surface area contributed by atoms with Crippen molar-refractivity contribution in [3.05, 3.63) is 72.3 Å². The Morgan fingerprint density at radius 1 is 0.917 bits per heavy atom. The molecule has 3 aromatic carbocycles. The van der Waals surface area contributed by atoms with Crippen LogP contribution in [-0.2, 0) is 19.6 Å². The van der Waals surface area contributed by atoms with Crippen molar-refractivity contribution in [1.82, 2.24) is 10.2 Å². The Morgan fingerprint density at radius 3 is 2.39 bits per heavy atom. The number of piperidine rings is 1. The highest BCUT2D eigenvalue weighted by molar-refractivity contribution is 7.89. The minimum Gasteiger partial charge on any atom is -0.371 e. The van der Waals surface area contributed by atoms with E-state index < -0.39 is 10.0 Å². The normalized spacial score (nSPS) is 19.3. The Morgan fingerprint density at radius 2 is 1.67 bits per heavy atom. The van der Waals surface area contributed by atoms with Crippen LogP contribution < -0.4 is 15.1 Å². The van der Waals surface area contributed by atoms with E-state index in [4.69, 9.17) is 9.57 Å². The molecule has 2 fully saturated rings. The van der Waals surface area contributed by atoms with Gasteiger partial charge in [-0.05, 0) is 72.9 Å². The Labute approximate surface area is 211 Å². The maximum absolute atomic E-state index is 13.0. The zero-order chi connectivity index (χ0) is 25.0. The molecule has 1 atom stereocenters. The largest absolute Gasteiger partial charge is 0.371 e. The van der Waals surface area contributed by atoms with Gasteiger partial charge >= 0.3 is 0 Å². The van der Waals surface area contributed by atoms with Gasteiger partial charge in [-0.25, -0.2) is 23.5 Å². The fourth-order valence-electron chi connectivity index (χ4n) is 4.68. The summed E-state index contributed by atoms with van der Waals surface area (Å²) in [5, 5.41) is 1.92. The second-order valence-electron chi connectivity index (χ2n) is 9.28. The summed E-state index contributed by atoms with van der Waals surface area (Å²) in [6.45, 7) is 2.09. The van der Waals surface area contributed by atoms with E-state index in [1.54, 1.807) is 24.3 Å². The predicted molar refractivity (Wildman–Crippen MR) is 138 cm³/mol. The van der Waals surface area contributed by atoms with Crippen molar-refractivity contribution in [1.29, 1.82) is 0 Å². The summed E-state index contributed by atoms with van der Waals surface area (Å²) >= 11 is 0. The number of nitrogens with zero attached hydrogens (tertiary/aromatic N) is 1. The molecule has 36 heavy (non-hydrogen) atoms. The maximum Gasteiger partial charge on any atom is 0.274 e. The van der Waals surface area contributed by atoms with Crippen molar-refractivity contribution in [2.24, 2.45) is 0 Å². The van der Waals surface area contributed by atoms with Crippen LogP contribution in [0.15, 0.2) is 71.6 Å². The van der Waals surface area contributed by atoms with E-state index in [-0.39, 0.29) is 23.1 Å². The minimum absolute atomic E-state index is 0.123. The van der Waals surface area contributed by atoms with Gasteiger partial charge in [-0.15, -0.1) is 0 Å². The highest BCUT2D eigenvalue weighted by Crippen LogP contribution is 2.23. The van der Waals surface area contributed by atoms with E-state index in [9.17, 15) is 13.2 Å². The number of hydrogen-bond donors (Lipinski definition) is 2. The molecule has 1 amide bonds. The van der Waals surface area contributed by atoms with Gasteiger partial charge in [0, 0.05) is 43.4 Å². The molecule has 0 aromatic heterocycles. The molecule has 3 aromatic rings. The number of fused-ring (bicyclic) bond motifs is 1. The fraction of sp³-hybridized carbons (Fsp3) is 0.370. The van der Waals surface area contributed by atoms with Gasteiger partial charge in [-0.1, -0.05) is 30.3 Å². The highest BCUT2D eigenvalue weighted by atomic mass is 32.2. The molecule has 0 aliphatic carbocycles. The number of hydroxylamine groups is 1. The van der Waals surface area contributed by atoms with Gasteiger partial charge in [0.05, 0.1) is 4.90 Å². The quantitative estimate of drug-likeness (QED) is 0.468. The second-order valence-corrected chi connectivity index (χ2v) is 11.0. The smallest absolute Gasteiger partial charge is 0.274 e. The number of sulfonamides is 1. The number of benzene rings is 3. The summed E-state index contributed by atoms with van der Waals surface area (Å²) in [7, 11) is -3.60. The molecule has 2 heterocycles. The first kappa shape index (κ1) is 24.7. The van der Waals surface area contributed by atoms with Crippen LogP contribution in [0.3, 0.4) is 0 Å². The van der Waals surface area contributed by atoms with Gasteiger partial charge in [0.2, 0.25) is 10.0 Å². The average Bonchev–Trinajstić information content (AvgIpc) is 2.92. The third kappa shape index (κ3) is 5.87. The number of hydrogen-bond acceptors (Lipinski definition) is 6. The fourth-order valence-corrected chi connectivity index (χ4v) is 6.02. The number of rotatable bonds is 7. The number of anilines is 1. The van der Waals surface area contributed by atoms with Crippen molar-refractivity contribution < 1.29 is 22.8 Å². The highest BCUT2D eigenvalue weighted by Gasteiger charge is 2.25. The lowest BCUT2D eigenvalue weighted by atomic mass is 10.0. The molecule has 190 valence electrons. The van der Waals surface area contributed by atoms with Crippen LogP contribution in [0.5, 0.6) is 0 Å². The van der Waals surface area contributed by atoms with Crippen LogP contribution in [0.2, 0.25) is 0 Å². The van der Waals surface area contributed by atoms with Gasteiger partial charge in [0.15, 0.2) is 6.29 Å². The SMILES string of the molecule is O=C(NOC1CCCCO1)c1ccc(N2CCC(NS(=O)(=O)c3ccc4ccccc4c3)CC2)cc1. The van der Waals surface area contributed by atoms with Crippen LogP contribution in [-0.4, -0.2) is 46.4 Å². The number of ether oxygens (including phenoxy) is 1. The van der Waals surface area contributed by atoms with Crippen molar-refractivity contribution in [3.8, 4) is 0 Å². The Kier molecular flexibility index (Phi) is 7.52. The molecule has 2 N–H and O–H groups in total. The van der Waals surface area contributed by atoms with Crippen molar-refractivity contribution in [3.63, 3.8) is 0 Å². The monoisotopic (exact) mass is 509 g/mol. The Hall–Kier alpha value is -2.98. The predicted octanol–water partition coefficient (Wildman–Crippen LogP) is 3.98. The van der Waals surface area contributed by atoms with Crippen molar-refractivity contribution in [2.45, 2.75) is 49.3 Å². The minimum atomic E-state index is -3.60. The molecule has 2 aliphatic rings. The van der Waals surface area contributed by atoms with E-state index in [2.05, 4.69) is 15.1 Å². The summed E-state index contributed by atoms with van der Waals surface area (Å²) in [4.78, 5) is 20.2. The number of carbonyl (C=O) groups excluding carboxylic acids is 1. The molecule has 5 rings (SSSR count). The van der Waals surface area contributed by atoms with Gasteiger partial charge in [0.1, 0.15) is 0 Å². The average molecular weight is 510 g/mol. The summed E-state index contributed by atoms with van der Waals surface area (Å²) in [5.41, 5.74) is 3.98. The van der Waals surface area contributed by atoms with Gasteiger partial charge in [-0.3, -0.25) is 4.79 Å². The third-order valence-corrected chi connectivity index (χ3v) is 8.28. The van der Waals surface area contributed by atoms with E-state index >= 15 is 0 Å². The van der Waals surface area contributed by atoms with Crippen molar-refractivity contribution in [2.75, 3.05) is 24.6 Å². The lowest BCUT2D eigenvalue weighted by Crippen LogP contribution is -2.44. The summed E-state index contributed by atoms with van der Waals surface area (Å²) in [5.74, 6) is -0.308. The molecule has 8 nitrogen and oxygen atoms in total. The molecule has 0 bridgehead atoms. The Balaban J connectivity index is 1.13. The van der Waals surface area contributed by atoms with E-state index in [0.29, 0.717) is 25.0 Å². The summed E-state index contributed by atoms with van der Waals surface area (Å²) < 4.78 is 34.3. The van der Waals surface area contributed by atoms with Crippen LogP contribution in [0.1, 0.15) is 42.5 Å². The summed E-state index contributed by atoms with van der Waals surface area (Å²) in [6.07, 6.45) is 3.82. The van der Waals surface area contributed by atoms with E-state index in [1.807, 2.05) is 42.5 Å². The summed E-state index contributed by atoms with van der Waals surface area (Å²) in [6, 6.07) is 20.2. The molecule has 2 saturated heterocycles. The van der Waals surface area contributed by atoms with E-state index in [0.717, 1.165) is 48.8 Å². The van der Waals surface area contributed by atoms with Crippen LogP contribution in [0, 0.1) is 0 Å². The molecule has 0 saturated carbocycles. The van der Waals surface area contributed by atoms with Crippen LogP contribution in [0.4, 0.5) is 5.69 Å². The van der Waals surface area contributed by atoms with Crippen LogP contribution in [0.25, 0.3) is 10.8 Å². The maximum atomic E-state index is 13.0.